The van der Waals surface area contributed by atoms with E-state index in [-0.39, 0.29) is 18.2 Å². The lowest BCUT2D eigenvalue weighted by molar-refractivity contribution is 0.584. The van der Waals surface area contributed by atoms with Crippen molar-refractivity contribution >= 4 is 21.7 Å². The van der Waals surface area contributed by atoms with E-state index in [0.717, 1.165) is 0 Å². The molecule has 0 unspecified atom stereocenters. The van der Waals surface area contributed by atoms with Crippen molar-refractivity contribution < 1.29 is 8.42 Å². The Kier molecular flexibility index (Phi) is 6.11. The van der Waals surface area contributed by atoms with Crippen molar-refractivity contribution in [3.63, 3.8) is 0 Å². The fourth-order valence-electron chi connectivity index (χ4n) is 1.49. The van der Waals surface area contributed by atoms with E-state index in [1.807, 2.05) is 13.8 Å². The first-order valence-corrected chi connectivity index (χ1v) is 8.10. The Bertz CT molecular complexity index is 532. The number of anilines is 2. The van der Waals surface area contributed by atoms with Crippen LogP contribution in [0.2, 0.25) is 0 Å². The molecule has 0 atom stereocenters. The number of nitrogen functional groups attached to an aromatic ring is 1. The number of nitrogens with one attached hydrogen (secondary N) is 3. The van der Waals surface area contributed by atoms with Crippen LogP contribution in [0.4, 0.5) is 11.6 Å². The van der Waals surface area contributed by atoms with Gasteiger partial charge in [-0.2, -0.15) is 0 Å². The standard InChI is InChI=1S/C11H22N6O2S/c1-4-14-20(18,19)6-5-13-9-7-10(17-12)16-11(15-9)8(2)3/h7-8,14H,4-6,12H2,1-3H3,(H2,13,15,16,17). The Labute approximate surface area is 119 Å². The van der Waals surface area contributed by atoms with Crippen molar-refractivity contribution in [1.82, 2.24) is 14.7 Å². The van der Waals surface area contributed by atoms with E-state index in [0.29, 0.717) is 24.0 Å². The quantitative estimate of drug-likeness (QED) is 0.400. The second kappa shape index (κ2) is 7.36. The zero-order chi connectivity index (χ0) is 15.2. The molecule has 1 aromatic heterocycles. The highest BCUT2D eigenvalue weighted by atomic mass is 32.2. The highest BCUT2D eigenvalue weighted by Gasteiger charge is 2.10. The van der Waals surface area contributed by atoms with Gasteiger partial charge in [-0.1, -0.05) is 20.8 Å². The molecule has 9 heteroatoms. The average molecular weight is 302 g/mol. The lowest BCUT2D eigenvalue weighted by Gasteiger charge is -2.11. The first-order chi connectivity index (χ1) is 9.38. The van der Waals surface area contributed by atoms with Crippen LogP contribution in [0, 0.1) is 0 Å². The minimum atomic E-state index is -3.24. The van der Waals surface area contributed by atoms with E-state index in [2.05, 4.69) is 25.4 Å². The van der Waals surface area contributed by atoms with Gasteiger partial charge < -0.3 is 10.7 Å². The Hall–Kier alpha value is -1.45. The third kappa shape index (κ3) is 5.27. The minimum absolute atomic E-state index is 0.0206. The molecular formula is C11H22N6O2S. The molecule has 0 aromatic carbocycles. The van der Waals surface area contributed by atoms with E-state index in [1.54, 1.807) is 13.0 Å². The van der Waals surface area contributed by atoms with Gasteiger partial charge in [-0.15, -0.1) is 0 Å². The van der Waals surface area contributed by atoms with Crippen LogP contribution < -0.4 is 21.3 Å². The predicted octanol–water partition coefficient (Wildman–Crippen LogP) is 0.237. The van der Waals surface area contributed by atoms with Crippen molar-refractivity contribution in [3.05, 3.63) is 11.9 Å². The van der Waals surface area contributed by atoms with E-state index >= 15 is 0 Å². The van der Waals surface area contributed by atoms with Gasteiger partial charge in [0, 0.05) is 25.1 Å². The minimum Gasteiger partial charge on any atom is -0.369 e. The van der Waals surface area contributed by atoms with Crippen molar-refractivity contribution in [2.75, 3.05) is 29.6 Å². The molecule has 1 aromatic rings. The fraction of sp³-hybridized carbons (Fsp3) is 0.636. The van der Waals surface area contributed by atoms with E-state index < -0.39 is 10.0 Å². The van der Waals surface area contributed by atoms with Crippen LogP contribution >= 0.6 is 0 Å². The molecule has 0 radical (unpaired) electrons. The van der Waals surface area contributed by atoms with Gasteiger partial charge >= 0.3 is 0 Å². The summed E-state index contributed by atoms with van der Waals surface area (Å²) in [4.78, 5) is 8.53. The second-order valence-corrected chi connectivity index (χ2v) is 6.47. The summed E-state index contributed by atoms with van der Waals surface area (Å²) in [6, 6.07) is 1.63. The topological polar surface area (TPSA) is 122 Å². The zero-order valence-corrected chi connectivity index (χ0v) is 12.8. The van der Waals surface area contributed by atoms with E-state index in [1.165, 1.54) is 0 Å². The third-order valence-electron chi connectivity index (χ3n) is 2.45. The Morgan fingerprint density at radius 1 is 1.30 bits per heavy atom. The van der Waals surface area contributed by atoms with Crippen LogP contribution in [-0.2, 0) is 10.0 Å². The summed E-state index contributed by atoms with van der Waals surface area (Å²) in [5.74, 6) is 7.15. The number of rotatable bonds is 8. The number of nitrogens with zero attached hydrogens (tertiary/aromatic N) is 2. The van der Waals surface area contributed by atoms with Gasteiger partial charge in [0.15, 0.2) is 0 Å². The number of sulfonamides is 1. The fourth-order valence-corrected chi connectivity index (χ4v) is 2.45. The predicted molar refractivity (Wildman–Crippen MR) is 79.9 cm³/mol. The van der Waals surface area contributed by atoms with Gasteiger partial charge in [0.25, 0.3) is 0 Å². The van der Waals surface area contributed by atoms with E-state index in [4.69, 9.17) is 5.84 Å². The molecule has 114 valence electrons. The van der Waals surface area contributed by atoms with Crippen molar-refractivity contribution in [2.24, 2.45) is 5.84 Å². The number of nitrogens with two attached hydrogens (primary N) is 1. The maximum atomic E-state index is 11.5. The van der Waals surface area contributed by atoms with E-state index in [9.17, 15) is 8.42 Å². The van der Waals surface area contributed by atoms with Crippen LogP contribution in [0.15, 0.2) is 6.07 Å². The van der Waals surface area contributed by atoms with Crippen LogP contribution in [-0.4, -0.2) is 37.2 Å². The number of aromatic nitrogens is 2. The largest absolute Gasteiger partial charge is 0.369 e. The third-order valence-corrected chi connectivity index (χ3v) is 3.92. The van der Waals surface area contributed by atoms with Crippen molar-refractivity contribution in [1.29, 1.82) is 0 Å². The number of hydrogen-bond donors (Lipinski definition) is 4. The molecule has 0 saturated carbocycles. The molecule has 20 heavy (non-hydrogen) atoms. The summed E-state index contributed by atoms with van der Waals surface area (Å²) in [5, 5.41) is 2.96. The highest BCUT2D eigenvalue weighted by molar-refractivity contribution is 7.89. The number of hydrazine groups is 1. The van der Waals surface area contributed by atoms with Crippen LogP contribution in [0.5, 0.6) is 0 Å². The first-order valence-electron chi connectivity index (χ1n) is 6.44. The Morgan fingerprint density at radius 3 is 2.50 bits per heavy atom. The van der Waals surface area contributed by atoms with Crippen molar-refractivity contribution in [3.8, 4) is 0 Å². The highest BCUT2D eigenvalue weighted by Crippen LogP contribution is 2.16. The molecule has 1 rings (SSSR count). The lowest BCUT2D eigenvalue weighted by Crippen LogP contribution is -2.29. The number of hydrogen-bond acceptors (Lipinski definition) is 7. The smallest absolute Gasteiger partial charge is 0.213 e. The van der Waals surface area contributed by atoms with Gasteiger partial charge in [-0.3, -0.25) is 0 Å². The molecule has 8 nitrogen and oxygen atoms in total. The Morgan fingerprint density at radius 2 is 1.95 bits per heavy atom. The Balaban J connectivity index is 2.70. The molecule has 5 N–H and O–H groups in total. The lowest BCUT2D eigenvalue weighted by atomic mass is 10.2. The molecule has 0 aliphatic rings. The summed E-state index contributed by atoms with van der Waals surface area (Å²) in [7, 11) is -3.24. The van der Waals surface area contributed by atoms with Gasteiger partial charge in [0.05, 0.1) is 5.75 Å². The van der Waals surface area contributed by atoms with Gasteiger partial charge in [0.1, 0.15) is 17.5 Å². The molecule has 0 fully saturated rings. The molecule has 0 amide bonds. The van der Waals surface area contributed by atoms with Crippen LogP contribution in [0.25, 0.3) is 0 Å². The first kappa shape index (κ1) is 16.6. The molecule has 0 saturated heterocycles. The van der Waals surface area contributed by atoms with Gasteiger partial charge in [-0.25, -0.2) is 29.0 Å². The van der Waals surface area contributed by atoms with Crippen LogP contribution in [0.1, 0.15) is 32.5 Å². The molecule has 0 aliphatic carbocycles. The average Bonchev–Trinajstić information content (AvgIpc) is 2.37. The zero-order valence-electron chi connectivity index (χ0n) is 12.0. The molecule has 0 bridgehead atoms. The summed E-state index contributed by atoms with van der Waals surface area (Å²) in [5.41, 5.74) is 2.47. The van der Waals surface area contributed by atoms with Crippen LogP contribution in [0.3, 0.4) is 0 Å². The molecule has 1 heterocycles. The molecule has 0 aliphatic heterocycles. The summed E-state index contributed by atoms with van der Waals surface area (Å²) < 4.78 is 25.4. The van der Waals surface area contributed by atoms with Gasteiger partial charge in [0.2, 0.25) is 10.0 Å². The summed E-state index contributed by atoms with van der Waals surface area (Å²) in [6.45, 7) is 6.32. The second-order valence-electron chi connectivity index (χ2n) is 4.54. The maximum absolute atomic E-state index is 11.5. The maximum Gasteiger partial charge on any atom is 0.213 e. The van der Waals surface area contributed by atoms with Gasteiger partial charge in [-0.05, 0) is 0 Å². The SMILES string of the molecule is CCNS(=O)(=O)CCNc1cc(NN)nc(C(C)C)n1. The van der Waals surface area contributed by atoms with Crippen molar-refractivity contribution in [2.45, 2.75) is 26.7 Å². The summed E-state index contributed by atoms with van der Waals surface area (Å²) >= 11 is 0. The normalized spacial score (nSPS) is 11.7. The molecule has 0 spiro atoms. The summed E-state index contributed by atoms with van der Waals surface area (Å²) in [6.07, 6.45) is 0. The molecular weight excluding hydrogens is 280 g/mol. The monoisotopic (exact) mass is 302 g/mol.